The highest BCUT2D eigenvalue weighted by atomic mass is 16.4. The quantitative estimate of drug-likeness (QED) is 0.852. The van der Waals surface area contributed by atoms with Crippen LogP contribution in [0.3, 0.4) is 0 Å². The van der Waals surface area contributed by atoms with Gasteiger partial charge in [0.05, 0.1) is 0 Å². The van der Waals surface area contributed by atoms with Crippen molar-refractivity contribution < 1.29 is 14.0 Å². The molecule has 1 aromatic carbocycles. The van der Waals surface area contributed by atoms with Gasteiger partial charge >= 0.3 is 6.03 Å². The Balaban J connectivity index is 1.76. The van der Waals surface area contributed by atoms with Gasteiger partial charge in [0.2, 0.25) is 11.8 Å². The molecule has 7 nitrogen and oxygen atoms in total. The molecule has 1 aliphatic rings. The van der Waals surface area contributed by atoms with Gasteiger partial charge in [-0.05, 0) is 31.4 Å². The number of carbonyl (C=O) groups is 2. The third-order valence-electron chi connectivity index (χ3n) is 3.94. The standard InChI is InChI=1S/C17H20N4O3/c1-11(2)9-17(3)15(22)21(16(23)18-17)10-13-19-20-14(24-13)12-7-5-4-6-8-12/h4-8,11H,9-10H2,1-3H3,(H,18,23). The van der Waals surface area contributed by atoms with Crippen LogP contribution in [0.1, 0.15) is 33.1 Å². The maximum Gasteiger partial charge on any atom is 0.325 e. The number of carbonyl (C=O) groups excluding carboxylic acids is 2. The van der Waals surface area contributed by atoms with Crippen molar-refractivity contribution in [3.8, 4) is 11.5 Å². The fourth-order valence-corrected chi connectivity index (χ4v) is 3.00. The summed E-state index contributed by atoms with van der Waals surface area (Å²) in [4.78, 5) is 25.9. The van der Waals surface area contributed by atoms with Crippen molar-refractivity contribution in [2.75, 3.05) is 0 Å². The van der Waals surface area contributed by atoms with Crippen LogP contribution < -0.4 is 5.32 Å². The lowest BCUT2D eigenvalue weighted by molar-refractivity contribution is -0.131. The van der Waals surface area contributed by atoms with Crippen LogP contribution >= 0.6 is 0 Å². The molecule has 7 heteroatoms. The first kappa shape index (κ1) is 16.2. The minimum atomic E-state index is -0.881. The summed E-state index contributed by atoms with van der Waals surface area (Å²) in [5.74, 6) is 0.613. The van der Waals surface area contributed by atoms with Crippen molar-refractivity contribution in [2.24, 2.45) is 5.92 Å². The van der Waals surface area contributed by atoms with Crippen LogP contribution in [0.4, 0.5) is 4.79 Å². The molecule has 1 fully saturated rings. The van der Waals surface area contributed by atoms with Gasteiger partial charge in [0.25, 0.3) is 5.91 Å². The molecule has 3 rings (SSSR count). The van der Waals surface area contributed by atoms with E-state index in [4.69, 9.17) is 4.42 Å². The van der Waals surface area contributed by atoms with E-state index in [1.54, 1.807) is 6.92 Å². The first-order chi connectivity index (χ1) is 11.4. The molecule has 3 amide bonds. The molecule has 1 aromatic heterocycles. The summed E-state index contributed by atoms with van der Waals surface area (Å²) in [5.41, 5.74) is -0.0915. The van der Waals surface area contributed by atoms with Gasteiger partial charge in [0.1, 0.15) is 12.1 Å². The zero-order chi connectivity index (χ0) is 17.3. The molecular weight excluding hydrogens is 308 g/mol. The lowest BCUT2D eigenvalue weighted by Crippen LogP contribution is -2.44. The Hall–Kier alpha value is -2.70. The highest BCUT2D eigenvalue weighted by Gasteiger charge is 2.48. The molecule has 1 saturated heterocycles. The maximum absolute atomic E-state index is 12.6. The fraction of sp³-hybridized carbons (Fsp3) is 0.412. The van der Waals surface area contributed by atoms with Gasteiger partial charge in [-0.3, -0.25) is 9.69 Å². The Morgan fingerprint density at radius 3 is 2.58 bits per heavy atom. The first-order valence-corrected chi connectivity index (χ1v) is 7.91. The zero-order valence-electron chi connectivity index (χ0n) is 13.9. The van der Waals surface area contributed by atoms with Crippen LogP contribution in [0.25, 0.3) is 11.5 Å². The minimum absolute atomic E-state index is 0.0296. The molecule has 2 heterocycles. The lowest BCUT2D eigenvalue weighted by Gasteiger charge is -2.23. The normalized spacial score (nSPS) is 20.8. The van der Waals surface area contributed by atoms with Gasteiger partial charge in [0, 0.05) is 5.56 Å². The van der Waals surface area contributed by atoms with Gasteiger partial charge < -0.3 is 9.73 Å². The zero-order valence-corrected chi connectivity index (χ0v) is 13.9. The summed E-state index contributed by atoms with van der Waals surface area (Å²) in [6, 6.07) is 8.91. The summed E-state index contributed by atoms with van der Waals surface area (Å²) in [6.45, 7) is 5.74. The number of aromatic nitrogens is 2. The fourth-order valence-electron chi connectivity index (χ4n) is 3.00. The summed E-state index contributed by atoms with van der Waals surface area (Å²) in [6.07, 6.45) is 0.577. The second kappa shape index (κ2) is 6.07. The van der Waals surface area contributed by atoms with Crippen LogP contribution in [0.5, 0.6) is 0 Å². The van der Waals surface area contributed by atoms with E-state index in [1.807, 2.05) is 44.2 Å². The second-order valence-electron chi connectivity index (χ2n) is 6.62. The molecule has 126 valence electrons. The highest BCUT2D eigenvalue weighted by molar-refractivity contribution is 6.06. The molecule has 0 saturated carbocycles. The Labute approximate surface area is 140 Å². The average molecular weight is 328 g/mol. The topological polar surface area (TPSA) is 88.3 Å². The van der Waals surface area contributed by atoms with E-state index in [9.17, 15) is 9.59 Å². The monoisotopic (exact) mass is 328 g/mol. The predicted molar refractivity (Wildman–Crippen MR) is 86.7 cm³/mol. The van der Waals surface area contributed by atoms with E-state index in [-0.39, 0.29) is 24.3 Å². The molecule has 24 heavy (non-hydrogen) atoms. The Morgan fingerprint density at radius 2 is 1.92 bits per heavy atom. The molecule has 1 unspecified atom stereocenters. The summed E-state index contributed by atoms with van der Waals surface area (Å²) >= 11 is 0. The number of amides is 3. The first-order valence-electron chi connectivity index (χ1n) is 7.91. The Kier molecular flexibility index (Phi) is 4.09. The van der Waals surface area contributed by atoms with E-state index in [1.165, 1.54) is 0 Å². The number of hydrogen-bond donors (Lipinski definition) is 1. The maximum atomic E-state index is 12.6. The number of benzene rings is 1. The number of rotatable bonds is 5. The molecule has 1 atom stereocenters. The Bertz CT molecular complexity index is 756. The van der Waals surface area contributed by atoms with Crippen LogP contribution in [0.2, 0.25) is 0 Å². The molecular formula is C17H20N4O3. The van der Waals surface area contributed by atoms with Crippen molar-refractivity contribution in [3.63, 3.8) is 0 Å². The largest absolute Gasteiger partial charge is 0.419 e. The highest BCUT2D eigenvalue weighted by Crippen LogP contribution is 2.26. The van der Waals surface area contributed by atoms with E-state index >= 15 is 0 Å². The number of nitrogens with zero attached hydrogens (tertiary/aromatic N) is 3. The molecule has 1 N–H and O–H groups in total. The van der Waals surface area contributed by atoms with Gasteiger partial charge in [-0.25, -0.2) is 4.79 Å². The average Bonchev–Trinajstić information content (AvgIpc) is 3.07. The molecule has 0 radical (unpaired) electrons. The SMILES string of the molecule is CC(C)CC1(C)NC(=O)N(Cc2nnc(-c3ccccc3)o2)C1=O. The van der Waals surface area contributed by atoms with E-state index in [0.717, 1.165) is 10.5 Å². The minimum Gasteiger partial charge on any atom is -0.419 e. The van der Waals surface area contributed by atoms with E-state index < -0.39 is 11.6 Å². The second-order valence-corrected chi connectivity index (χ2v) is 6.62. The van der Waals surface area contributed by atoms with Crippen molar-refractivity contribution in [2.45, 2.75) is 39.3 Å². The predicted octanol–water partition coefficient (Wildman–Crippen LogP) is 2.59. The molecule has 0 bridgehead atoms. The van der Waals surface area contributed by atoms with Crippen molar-refractivity contribution in [1.29, 1.82) is 0 Å². The van der Waals surface area contributed by atoms with Crippen molar-refractivity contribution >= 4 is 11.9 Å². The van der Waals surface area contributed by atoms with Crippen molar-refractivity contribution in [3.05, 3.63) is 36.2 Å². The molecule has 2 aromatic rings. The number of imide groups is 1. The van der Waals surface area contributed by atoms with Gasteiger partial charge in [-0.15, -0.1) is 10.2 Å². The third-order valence-corrected chi connectivity index (χ3v) is 3.94. The molecule has 0 spiro atoms. The van der Waals surface area contributed by atoms with Gasteiger partial charge in [0.15, 0.2) is 0 Å². The van der Waals surface area contributed by atoms with Crippen LogP contribution in [-0.4, -0.2) is 32.6 Å². The van der Waals surface area contributed by atoms with Gasteiger partial charge in [-0.2, -0.15) is 0 Å². The summed E-state index contributed by atoms with van der Waals surface area (Å²) in [5, 5.41) is 10.7. The summed E-state index contributed by atoms with van der Waals surface area (Å²) < 4.78 is 5.58. The van der Waals surface area contributed by atoms with Crippen LogP contribution in [-0.2, 0) is 11.3 Å². The van der Waals surface area contributed by atoms with Crippen LogP contribution in [0, 0.1) is 5.92 Å². The number of urea groups is 1. The summed E-state index contributed by atoms with van der Waals surface area (Å²) in [7, 11) is 0. The third kappa shape index (κ3) is 3.02. The molecule has 1 aliphatic heterocycles. The van der Waals surface area contributed by atoms with Crippen LogP contribution in [0.15, 0.2) is 34.7 Å². The number of hydrogen-bond acceptors (Lipinski definition) is 5. The van der Waals surface area contributed by atoms with E-state index in [2.05, 4.69) is 15.5 Å². The molecule has 0 aliphatic carbocycles. The Morgan fingerprint density at radius 1 is 1.21 bits per heavy atom. The smallest absolute Gasteiger partial charge is 0.325 e. The number of nitrogens with one attached hydrogen (secondary N) is 1. The van der Waals surface area contributed by atoms with E-state index in [0.29, 0.717) is 12.3 Å². The van der Waals surface area contributed by atoms with Crippen molar-refractivity contribution in [1.82, 2.24) is 20.4 Å². The lowest BCUT2D eigenvalue weighted by atomic mass is 9.91. The van der Waals surface area contributed by atoms with Gasteiger partial charge in [-0.1, -0.05) is 32.0 Å².